The molecule has 1 saturated heterocycles. The van der Waals surface area contributed by atoms with Gasteiger partial charge in [-0.05, 0) is 31.2 Å². The molecular formula is C21H17F3N6O3. The van der Waals surface area contributed by atoms with E-state index in [4.69, 9.17) is 0 Å². The number of nitro groups is 1. The van der Waals surface area contributed by atoms with Crippen LogP contribution in [0, 0.1) is 27.7 Å². The van der Waals surface area contributed by atoms with Gasteiger partial charge in [0.2, 0.25) is 5.82 Å². The maximum Gasteiger partial charge on any atom is 0.323 e. The van der Waals surface area contributed by atoms with Crippen molar-refractivity contribution in [2.75, 3.05) is 18.4 Å². The molecule has 1 N–H and O–H groups in total. The lowest BCUT2D eigenvalue weighted by Crippen LogP contribution is -2.57. The summed E-state index contributed by atoms with van der Waals surface area (Å²) in [7, 11) is 0. The highest BCUT2D eigenvalue weighted by molar-refractivity contribution is 5.91. The second-order valence-corrected chi connectivity index (χ2v) is 7.63. The van der Waals surface area contributed by atoms with E-state index in [1.54, 1.807) is 6.07 Å². The van der Waals surface area contributed by atoms with Gasteiger partial charge in [-0.25, -0.2) is 32.9 Å². The minimum absolute atomic E-state index is 0.00129. The second kappa shape index (κ2) is 8.45. The number of nitrogens with zero attached hydrogens (tertiary/aromatic N) is 5. The average molecular weight is 458 g/mol. The van der Waals surface area contributed by atoms with Crippen LogP contribution in [-0.4, -0.2) is 43.9 Å². The van der Waals surface area contributed by atoms with Crippen LogP contribution in [0.1, 0.15) is 12.7 Å². The first kappa shape index (κ1) is 22.1. The van der Waals surface area contributed by atoms with Gasteiger partial charge in [-0.3, -0.25) is 15.4 Å². The van der Waals surface area contributed by atoms with Crippen LogP contribution in [0.15, 0.2) is 48.8 Å². The lowest BCUT2D eigenvalue weighted by Gasteiger charge is -2.44. The van der Waals surface area contributed by atoms with E-state index < -0.39 is 45.7 Å². The molecule has 3 heterocycles. The third-order valence-corrected chi connectivity index (χ3v) is 5.44. The van der Waals surface area contributed by atoms with Crippen molar-refractivity contribution < 1.29 is 22.9 Å². The van der Waals surface area contributed by atoms with Crippen LogP contribution >= 0.6 is 0 Å². The Labute approximate surface area is 185 Å². The number of nitrogens with one attached hydrogen (secondary N) is 1. The van der Waals surface area contributed by atoms with Gasteiger partial charge in [0.05, 0.1) is 10.6 Å². The van der Waals surface area contributed by atoms with Crippen molar-refractivity contribution in [1.29, 1.82) is 0 Å². The molecule has 33 heavy (non-hydrogen) atoms. The van der Waals surface area contributed by atoms with Gasteiger partial charge >= 0.3 is 11.7 Å². The topological polar surface area (TPSA) is 114 Å². The summed E-state index contributed by atoms with van der Waals surface area (Å²) in [6, 6.07) is 5.89. The first-order valence-electron chi connectivity index (χ1n) is 9.80. The number of pyridine rings is 1. The number of carbonyl (C=O) groups is 1. The Morgan fingerprint density at radius 2 is 1.91 bits per heavy atom. The highest BCUT2D eigenvalue weighted by Gasteiger charge is 2.47. The minimum atomic E-state index is -1.87. The lowest BCUT2D eigenvalue weighted by atomic mass is 9.84. The van der Waals surface area contributed by atoms with E-state index in [0.717, 1.165) is 18.2 Å². The Hall–Kier alpha value is -4.09. The van der Waals surface area contributed by atoms with Gasteiger partial charge in [0, 0.05) is 49.1 Å². The number of rotatable bonds is 5. The number of urea groups is 1. The number of halogens is 3. The molecule has 1 aliphatic rings. The van der Waals surface area contributed by atoms with Gasteiger partial charge in [-0.15, -0.1) is 0 Å². The smallest absolute Gasteiger partial charge is 0.323 e. The maximum atomic E-state index is 15.2. The molecule has 0 spiro atoms. The van der Waals surface area contributed by atoms with Gasteiger partial charge in [-0.1, -0.05) is 0 Å². The Morgan fingerprint density at radius 3 is 2.55 bits per heavy atom. The number of hydrogen-bond acceptors (Lipinski definition) is 6. The summed E-state index contributed by atoms with van der Waals surface area (Å²) >= 11 is 0. The Kier molecular flexibility index (Phi) is 5.66. The summed E-state index contributed by atoms with van der Waals surface area (Å²) in [5.41, 5.74) is -2.52. The molecule has 1 aliphatic heterocycles. The summed E-state index contributed by atoms with van der Waals surface area (Å²) in [6.45, 7) is 1.38. The normalized spacial score (nSPS) is 15.5. The SMILES string of the molecule is CC(F)(c1ncccn1)C1CN(C(=O)Nc2nc(-c3ccc(F)cc3F)ccc2[N+](=O)[O-])C1. The molecule has 12 heteroatoms. The van der Waals surface area contributed by atoms with Crippen molar-refractivity contribution in [2.45, 2.75) is 12.6 Å². The monoisotopic (exact) mass is 458 g/mol. The van der Waals surface area contributed by atoms with Crippen molar-refractivity contribution in [3.05, 3.63) is 76.4 Å². The van der Waals surface area contributed by atoms with Crippen molar-refractivity contribution in [3.63, 3.8) is 0 Å². The number of amides is 2. The molecule has 9 nitrogen and oxygen atoms in total. The summed E-state index contributed by atoms with van der Waals surface area (Å²) in [5.74, 6) is -2.69. The van der Waals surface area contributed by atoms with E-state index in [0.29, 0.717) is 6.07 Å². The number of alkyl halides is 1. The molecule has 0 saturated carbocycles. The standard InChI is InChI=1S/C21H17F3N6O3/c1-21(24,19-25-7-2-8-26-19)12-10-29(11-12)20(31)28-18-17(30(32)33)6-5-16(27-18)14-4-3-13(22)9-15(14)23/h2-9,12H,10-11H2,1H3,(H,27,28,31). The van der Waals surface area contributed by atoms with E-state index >= 15 is 4.39 Å². The number of carbonyl (C=O) groups excluding carboxylic acids is 1. The zero-order chi connectivity index (χ0) is 23.8. The second-order valence-electron chi connectivity index (χ2n) is 7.63. The molecule has 1 fully saturated rings. The fourth-order valence-corrected chi connectivity index (χ4v) is 3.44. The van der Waals surface area contributed by atoms with E-state index in [9.17, 15) is 23.7 Å². The van der Waals surface area contributed by atoms with Gasteiger partial charge < -0.3 is 4.90 Å². The minimum Gasteiger partial charge on any atom is -0.324 e. The van der Waals surface area contributed by atoms with Crippen LogP contribution in [-0.2, 0) is 5.67 Å². The van der Waals surface area contributed by atoms with Crippen molar-refractivity contribution in [2.24, 2.45) is 5.92 Å². The largest absolute Gasteiger partial charge is 0.324 e. The number of benzene rings is 1. The molecule has 0 radical (unpaired) electrons. The van der Waals surface area contributed by atoms with Gasteiger partial charge in [0.15, 0.2) is 11.5 Å². The predicted octanol–water partition coefficient (Wildman–Crippen LogP) is 4.07. The summed E-state index contributed by atoms with van der Waals surface area (Å²) in [6.07, 6.45) is 2.84. The first-order chi connectivity index (χ1) is 15.7. The van der Waals surface area contributed by atoms with Crippen LogP contribution < -0.4 is 5.32 Å². The molecule has 170 valence electrons. The third-order valence-electron chi connectivity index (χ3n) is 5.44. The molecule has 2 amide bonds. The van der Waals surface area contributed by atoms with E-state index in [2.05, 4.69) is 20.3 Å². The van der Waals surface area contributed by atoms with E-state index in [1.165, 1.54) is 30.3 Å². The third kappa shape index (κ3) is 4.31. The van der Waals surface area contributed by atoms with Gasteiger partial charge in [0.1, 0.15) is 11.6 Å². The molecule has 0 aliphatic carbocycles. The summed E-state index contributed by atoms with van der Waals surface area (Å²) in [4.78, 5) is 36.3. The molecule has 4 rings (SSSR count). The van der Waals surface area contributed by atoms with Gasteiger partial charge in [0.25, 0.3) is 0 Å². The quantitative estimate of drug-likeness (QED) is 0.455. The van der Waals surface area contributed by atoms with Crippen molar-refractivity contribution in [1.82, 2.24) is 19.9 Å². The lowest BCUT2D eigenvalue weighted by molar-refractivity contribution is -0.384. The molecule has 0 bridgehead atoms. The summed E-state index contributed by atoms with van der Waals surface area (Å²) in [5, 5.41) is 13.7. The number of aromatic nitrogens is 3. The van der Waals surface area contributed by atoms with Crippen LogP contribution in [0.2, 0.25) is 0 Å². The molecule has 1 unspecified atom stereocenters. The van der Waals surface area contributed by atoms with E-state index in [-0.39, 0.29) is 30.2 Å². The number of hydrogen-bond donors (Lipinski definition) is 1. The number of anilines is 1. The fourth-order valence-electron chi connectivity index (χ4n) is 3.44. The predicted molar refractivity (Wildman–Crippen MR) is 111 cm³/mol. The van der Waals surface area contributed by atoms with Crippen molar-refractivity contribution >= 4 is 17.5 Å². The number of likely N-dealkylation sites (tertiary alicyclic amines) is 1. The highest BCUT2D eigenvalue weighted by atomic mass is 19.1. The molecule has 3 aromatic rings. The van der Waals surface area contributed by atoms with Crippen molar-refractivity contribution in [3.8, 4) is 11.3 Å². The summed E-state index contributed by atoms with van der Waals surface area (Å²) < 4.78 is 42.5. The molecule has 2 aromatic heterocycles. The molecular weight excluding hydrogens is 441 g/mol. The van der Waals surface area contributed by atoms with Crippen LogP contribution in [0.3, 0.4) is 0 Å². The Bertz CT molecular complexity index is 1220. The highest BCUT2D eigenvalue weighted by Crippen LogP contribution is 2.38. The van der Waals surface area contributed by atoms with Crippen LogP contribution in [0.5, 0.6) is 0 Å². The average Bonchev–Trinajstić information content (AvgIpc) is 2.73. The van der Waals surface area contributed by atoms with E-state index in [1.807, 2.05) is 0 Å². The van der Waals surface area contributed by atoms with Crippen LogP contribution in [0.25, 0.3) is 11.3 Å². The zero-order valence-electron chi connectivity index (χ0n) is 17.2. The molecule has 1 aromatic carbocycles. The molecule has 1 atom stereocenters. The Morgan fingerprint density at radius 1 is 1.21 bits per heavy atom. The van der Waals surface area contributed by atoms with Gasteiger partial charge in [-0.2, -0.15) is 0 Å². The van der Waals surface area contributed by atoms with Crippen LogP contribution in [0.4, 0.5) is 29.5 Å². The first-order valence-corrected chi connectivity index (χ1v) is 9.80. The maximum absolute atomic E-state index is 15.2. The Balaban J connectivity index is 1.51. The zero-order valence-corrected chi connectivity index (χ0v) is 17.2. The fraction of sp³-hybridized carbons (Fsp3) is 0.238.